The molecule has 0 bridgehead atoms. The zero-order valence-corrected chi connectivity index (χ0v) is 12.7. The number of rotatable bonds is 4. The van der Waals surface area contributed by atoms with E-state index in [4.69, 9.17) is 16.3 Å². The molecule has 19 heavy (non-hydrogen) atoms. The zero-order chi connectivity index (χ0) is 13.8. The molecule has 0 aliphatic rings. The number of amides is 1. The lowest BCUT2D eigenvalue weighted by Gasteiger charge is -2.10. The lowest BCUT2D eigenvalue weighted by Crippen LogP contribution is -2.15. The Hall–Kier alpha value is -1.18. The molecule has 0 aliphatic heterocycles. The summed E-state index contributed by atoms with van der Waals surface area (Å²) in [6, 6.07) is 6.72. The summed E-state index contributed by atoms with van der Waals surface area (Å²) in [5.41, 5.74) is 1.03. The van der Waals surface area contributed by atoms with Gasteiger partial charge in [-0.2, -0.15) is 0 Å². The molecule has 0 fully saturated rings. The van der Waals surface area contributed by atoms with E-state index in [9.17, 15) is 4.79 Å². The second kappa shape index (κ2) is 6.31. The molecule has 0 unspecified atom stereocenters. The quantitative estimate of drug-likeness (QED) is 0.649. The minimum Gasteiger partial charge on any atom is -0.472 e. The van der Waals surface area contributed by atoms with Gasteiger partial charge in [0, 0.05) is 44.6 Å². The average Bonchev–Trinajstić information content (AvgIpc) is 2.82. The van der Waals surface area contributed by atoms with Gasteiger partial charge in [0.25, 0.3) is 5.91 Å². The minimum absolute atomic E-state index is 0.139. The molecule has 0 aliphatic carbocycles. The summed E-state index contributed by atoms with van der Waals surface area (Å²) in [6.07, 6.45) is 1.64. The van der Waals surface area contributed by atoms with Crippen LogP contribution in [-0.2, 0) is 6.61 Å². The topological polar surface area (TPSA) is 56.1 Å². The number of ether oxygens (including phenoxy) is 1. The van der Waals surface area contributed by atoms with Gasteiger partial charge in [0.2, 0.25) is 5.88 Å². The van der Waals surface area contributed by atoms with Crippen LogP contribution in [0.4, 0.5) is 0 Å². The fourth-order valence-electron chi connectivity index (χ4n) is 1.49. The van der Waals surface area contributed by atoms with Crippen LogP contribution in [0, 0.1) is 0 Å². The lowest BCUT2D eigenvalue weighted by atomic mass is 10.1. The van der Waals surface area contributed by atoms with Crippen molar-refractivity contribution in [2.75, 3.05) is 0 Å². The predicted octanol–water partition coefficient (Wildman–Crippen LogP) is 2.85. The fraction of sp³-hybridized carbons (Fsp3) is 0.0909. The highest BCUT2D eigenvalue weighted by Crippen LogP contribution is 2.22. The van der Waals surface area contributed by atoms with E-state index in [0.29, 0.717) is 22.0 Å². The van der Waals surface area contributed by atoms with Crippen molar-refractivity contribution >= 4 is 46.5 Å². The molecular formula is C11H9BrClN3O2S. The first-order valence-electron chi connectivity index (χ1n) is 5.18. The van der Waals surface area contributed by atoms with Crippen LogP contribution in [0.5, 0.6) is 5.88 Å². The maximum absolute atomic E-state index is 11.7. The van der Waals surface area contributed by atoms with E-state index in [0.717, 1.165) is 0 Å². The van der Waals surface area contributed by atoms with Gasteiger partial charge < -0.3 is 4.74 Å². The molecule has 1 aromatic heterocycles. The van der Waals surface area contributed by atoms with Crippen molar-refractivity contribution < 1.29 is 9.53 Å². The van der Waals surface area contributed by atoms with Crippen molar-refractivity contribution in [1.82, 2.24) is 13.5 Å². The van der Waals surface area contributed by atoms with E-state index in [1.807, 2.05) is 0 Å². The molecule has 0 saturated heterocycles. The van der Waals surface area contributed by atoms with E-state index in [-0.39, 0.29) is 12.5 Å². The highest BCUT2D eigenvalue weighted by molar-refractivity contribution is 9.08. The Morgan fingerprint density at radius 1 is 1.53 bits per heavy atom. The van der Waals surface area contributed by atoms with Crippen molar-refractivity contribution in [3.05, 3.63) is 46.6 Å². The number of nitrogens with one attached hydrogen (secondary N) is 1. The zero-order valence-electron chi connectivity index (χ0n) is 9.51. The van der Waals surface area contributed by atoms with Crippen LogP contribution < -0.4 is 9.08 Å². The normalized spacial score (nSPS) is 10.3. The third kappa shape index (κ3) is 3.43. The van der Waals surface area contributed by atoms with E-state index < -0.39 is 0 Å². The van der Waals surface area contributed by atoms with E-state index in [1.165, 1.54) is 4.09 Å². The molecule has 0 spiro atoms. The molecule has 1 aromatic carbocycles. The van der Waals surface area contributed by atoms with Gasteiger partial charge in [-0.05, 0) is 24.9 Å². The van der Waals surface area contributed by atoms with Gasteiger partial charge in [0.05, 0.1) is 0 Å². The van der Waals surface area contributed by atoms with Gasteiger partial charge in [-0.15, -0.1) is 5.10 Å². The van der Waals surface area contributed by atoms with Crippen LogP contribution >= 0.6 is 40.6 Å². The summed E-state index contributed by atoms with van der Waals surface area (Å²) < 4.78 is 9.17. The summed E-state index contributed by atoms with van der Waals surface area (Å²) in [4.78, 5) is 11.7. The summed E-state index contributed by atoms with van der Waals surface area (Å²) in [5, 5.41) is 4.41. The van der Waals surface area contributed by atoms with E-state index >= 15 is 0 Å². The molecule has 1 amide bonds. The van der Waals surface area contributed by atoms with Gasteiger partial charge in [-0.25, -0.2) is 4.09 Å². The number of carbonyl (C=O) groups is 1. The number of aromatic nitrogens is 2. The van der Waals surface area contributed by atoms with Crippen molar-refractivity contribution in [2.45, 2.75) is 6.61 Å². The van der Waals surface area contributed by atoms with Crippen LogP contribution in [0.1, 0.15) is 15.9 Å². The van der Waals surface area contributed by atoms with Crippen molar-refractivity contribution in [2.24, 2.45) is 0 Å². The molecule has 5 nitrogen and oxygen atoms in total. The molecule has 1 N–H and O–H groups in total. The Morgan fingerprint density at radius 3 is 2.95 bits per heavy atom. The monoisotopic (exact) mass is 361 g/mol. The number of hydrogen-bond donors (Lipinski definition) is 2. The summed E-state index contributed by atoms with van der Waals surface area (Å²) >= 11 is 13.0. The van der Waals surface area contributed by atoms with Gasteiger partial charge in [0.15, 0.2) is 0 Å². The van der Waals surface area contributed by atoms with Gasteiger partial charge in [-0.3, -0.25) is 9.14 Å². The number of benzene rings is 1. The van der Waals surface area contributed by atoms with Crippen LogP contribution in [0.25, 0.3) is 0 Å². The third-order valence-corrected chi connectivity index (χ3v) is 3.30. The van der Waals surface area contributed by atoms with Crippen LogP contribution in [-0.4, -0.2) is 15.1 Å². The smallest absolute Gasteiger partial charge is 0.261 e. The Balaban J connectivity index is 2.21. The number of hydrogen-bond acceptors (Lipinski definition) is 4. The van der Waals surface area contributed by atoms with Crippen molar-refractivity contribution in [3.63, 3.8) is 0 Å². The van der Waals surface area contributed by atoms with Crippen LogP contribution in [0.3, 0.4) is 0 Å². The Kier molecular flexibility index (Phi) is 4.73. The first-order chi connectivity index (χ1) is 9.11. The van der Waals surface area contributed by atoms with Crippen molar-refractivity contribution in [3.8, 4) is 5.88 Å². The maximum atomic E-state index is 11.7. The van der Waals surface area contributed by atoms with E-state index in [2.05, 4.69) is 38.4 Å². The highest BCUT2D eigenvalue weighted by atomic mass is 79.9. The summed E-state index contributed by atoms with van der Waals surface area (Å²) in [7, 11) is 0. The standard InChI is InChI=1S/C11H9BrClN3O2S/c12-14-11(17)7-2-1-3-9(13)8(7)6-18-10-4-5-16(19)15-10/h1-5,19H,6H2,(H,14,17). The third-order valence-electron chi connectivity index (χ3n) is 2.37. The Bertz CT molecular complexity index is 605. The van der Waals surface area contributed by atoms with Crippen LogP contribution in [0.2, 0.25) is 5.02 Å². The predicted molar refractivity (Wildman–Crippen MR) is 78.8 cm³/mol. The molecule has 2 rings (SSSR count). The van der Waals surface area contributed by atoms with Gasteiger partial charge in [-0.1, -0.05) is 17.7 Å². The Morgan fingerprint density at radius 2 is 2.32 bits per heavy atom. The molecule has 0 saturated carbocycles. The first-order valence-corrected chi connectivity index (χ1v) is 6.75. The molecule has 8 heteroatoms. The Labute approximate surface area is 128 Å². The number of thiol groups is 1. The number of nitrogens with zero attached hydrogens (tertiary/aromatic N) is 2. The summed E-state index contributed by atoms with van der Waals surface area (Å²) in [6.45, 7) is 0.139. The average molecular weight is 363 g/mol. The lowest BCUT2D eigenvalue weighted by molar-refractivity contribution is 0.0984. The molecule has 2 aromatic rings. The fourth-order valence-corrected chi connectivity index (χ4v) is 2.09. The van der Waals surface area contributed by atoms with E-state index in [1.54, 1.807) is 30.5 Å². The van der Waals surface area contributed by atoms with Gasteiger partial charge >= 0.3 is 0 Å². The highest BCUT2D eigenvalue weighted by Gasteiger charge is 2.14. The molecule has 100 valence electrons. The molecular weight excluding hydrogens is 354 g/mol. The van der Waals surface area contributed by atoms with Crippen molar-refractivity contribution in [1.29, 1.82) is 0 Å². The van der Waals surface area contributed by atoms with Gasteiger partial charge in [0.1, 0.15) is 6.61 Å². The number of carbonyl (C=O) groups excluding carboxylic acids is 1. The summed E-state index contributed by atoms with van der Waals surface area (Å²) in [5.74, 6) is 0.112. The number of halogens is 2. The largest absolute Gasteiger partial charge is 0.472 e. The maximum Gasteiger partial charge on any atom is 0.261 e. The first kappa shape index (κ1) is 14.2. The SMILES string of the molecule is O=C(NBr)c1cccc(Cl)c1COc1ccn(S)n1. The second-order valence-electron chi connectivity index (χ2n) is 3.55. The molecule has 0 radical (unpaired) electrons. The molecule has 1 heterocycles. The molecule has 0 atom stereocenters. The minimum atomic E-state index is -0.291. The van der Waals surface area contributed by atoms with Crippen LogP contribution in [0.15, 0.2) is 30.5 Å². The second-order valence-corrected chi connectivity index (χ2v) is 4.77.